The van der Waals surface area contributed by atoms with Crippen LogP contribution >= 0.6 is 0 Å². The summed E-state index contributed by atoms with van der Waals surface area (Å²) in [5, 5.41) is 3.72. The fourth-order valence-corrected chi connectivity index (χ4v) is 3.07. The van der Waals surface area contributed by atoms with Crippen LogP contribution < -0.4 is 10.2 Å². The maximum atomic E-state index is 4.34. The molecule has 1 N–H and O–H groups in total. The summed E-state index contributed by atoms with van der Waals surface area (Å²) in [7, 11) is 0. The number of benzene rings is 1. The molecule has 0 spiro atoms. The number of nitrogens with one attached hydrogen (secondary N) is 1. The number of nitrogens with zero attached hydrogens (tertiary/aromatic N) is 3. The number of hydrogen-bond donors (Lipinski definition) is 1. The topological polar surface area (TPSA) is 41.0 Å². The number of rotatable bonds is 5. The van der Waals surface area contributed by atoms with Crippen LogP contribution in [0.1, 0.15) is 30.9 Å². The number of aryl methyl sites for hydroxylation is 1. The molecule has 0 atom stereocenters. The normalized spacial score (nSPS) is 16.0. The lowest BCUT2D eigenvalue weighted by atomic mass is 10.0. The zero-order chi connectivity index (χ0) is 15.2. The summed E-state index contributed by atoms with van der Waals surface area (Å²) >= 11 is 0. The summed E-state index contributed by atoms with van der Waals surface area (Å²) in [6, 6.07) is 11.2. The minimum Gasteiger partial charge on any atom is -0.341 e. The van der Waals surface area contributed by atoms with Gasteiger partial charge < -0.3 is 10.2 Å². The van der Waals surface area contributed by atoms with Gasteiger partial charge in [-0.15, -0.1) is 0 Å². The summed E-state index contributed by atoms with van der Waals surface area (Å²) in [5.41, 5.74) is 2.88. The largest absolute Gasteiger partial charge is 0.341 e. The molecule has 1 aromatic carbocycles. The number of hydrogen-bond acceptors (Lipinski definition) is 4. The Bertz CT molecular complexity index is 577. The zero-order valence-corrected chi connectivity index (χ0v) is 13.2. The molecule has 0 radical (unpaired) electrons. The van der Waals surface area contributed by atoms with Crippen molar-refractivity contribution in [3.8, 4) is 0 Å². The lowest BCUT2D eigenvalue weighted by molar-refractivity contribution is 0.411. The van der Waals surface area contributed by atoms with Gasteiger partial charge in [0.05, 0.1) is 0 Å². The molecular weight excluding hydrogens is 272 g/mol. The Morgan fingerprint density at radius 2 is 1.73 bits per heavy atom. The predicted octanol–water partition coefficient (Wildman–Crippen LogP) is 2.80. The van der Waals surface area contributed by atoms with Gasteiger partial charge in [0.2, 0.25) is 5.95 Å². The standard InChI is InChI=1S/C18H24N4/c1-2-15-6-3-4-7-16(15)14-21-17-8-12-22(13-9-17)18-19-10-5-11-20-18/h3-7,10-11,17,21H,2,8-9,12-14H2,1H3. The second kappa shape index (κ2) is 7.36. The van der Waals surface area contributed by atoms with Crippen LogP contribution in [0.4, 0.5) is 5.95 Å². The van der Waals surface area contributed by atoms with E-state index in [9.17, 15) is 0 Å². The van der Waals surface area contributed by atoms with E-state index >= 15 is 0 Å². The smallest absolute Gasteiger partial charge is 0.225 e. The van der Waals surface area contributed by atoms with Gasteiger partial charge in [-0.05, 0) is 36.5 Å². The van der Waals surface area contributed by atoms with Crippen molar-refractivity contribution in [2.75, 3.05) is 18.0 Å². The van der Waals surface area contributed by atoms with E-state index in [-0.39, 0.29) is 0 Å². The second-order valence-corrected chi connectivity index (χ2v) is 5.81. The van der Waals surface area contributed by atoms with Gasteiger partial charge in [-0.2, -0.15) is 0 Å². The first-order valence-electron chi connectivity index (χ1n) is 8.19. The molecule has 0 bridgehead atoms. The molecule has 2 aromatic rings. The van der Waals surface area contributed by atoms with Crippen molar-refractivity contribution >= 4 is 5.95 Å². The van der Waals surface area contributed by atoms with Crippen LogP contribution in [0.15, 0.2) is 42.7 Å². The van der Waals surface area contributed by atoms with Crippen molar-refractivity contribution in [2.45, 2.75) is 38.8 Å². The van der Waals surface area contributed by atoms with Crippen LogP contribution in [0.3, 0.4) is 0 Å². The van der Waals surface area contributed by atoms with E-state index in [4.69, 9.17) is 0 Å². The molecule has 0 amide bonds. The molecule has 116 valence electrons. The van der Waals surface area contributed by atoms with E-state index in [1.54, 1.807) is 0 Å². The maximum absolute atomic E-state index is 4.34. The van der Waals surface area contributed by atoms with Crippen LogP contribution in [-0.4, -0.2) is 29.1 Å². The van der Waals surface area contributed by atoms with Crippen LogP contribution in [0, 0.1) is 0 Å². The molecule has 4 heteroatoms. The minimum atomic E-state index is 0.588. The van der Waals surface area contributed by atoms with Gasteiger partial charge in [0.1, 0.15) is 0 Å². The van der Waals surface area contributed by atoms with Gasteiger partial charge in [-0.3, -0.25) is 0 Å². The van der Waals surface area contributed by atoms with Crippen molar-refractivity contribution in [2.24, 2.45) is 0 Å². The summed E-state index contributed by atoms with van der Waals surface area (Å²) in [5.74, 6) is 0.859. The third kappa shape index (κ3) is 3.63. The molecule has 1 aliphatic heterocycles. The van der Waals surface area contributed by atoms with E-state index in [2.05, 4.69) is 51.4 Å². The first-order chi connectivity index (χ1) is 10.9. The molecule has 1 aliphatic rings. The Labute approximate surface area is 132 Å². The van der Waals surface area contributed by atoms with Crippen LogP contribution in [0.2, 0.25) is 0 Å². The molecule has 0 saturated carbocycles. The van der Waals surface area contributed by atoms with Gasteiger partial charge in [-0.1, -0.05) is 31.2 Å². The lowest BCUT2D eigenvalue weighted by Crippen LogP contribution is -2.43. The number of aromatic nitrogens is 2. The molecule has 3 rings (SSSR count). The van der Waals surface area contributed by atoms with Crippen molar-refractivity contribution in [1.82, 2.24) is 15.3 Å². The quantitative estimate of drug-likeness (QED) is 0.921. The van der Waals surface area contributed by atoms with E-state index in [0.717, 1.165) is 44.8 Å². The second-order valence-electron chi connectivity index (χ2n) is 5.81. The minimum absolute atomic E-state index is 0.588. The Kier molecular flexibility index (Phi) is 5.01. The van der Waals surface area contributed by atoms with Crippen molar-refractivity contribution < 1.29 is 0 Å². The monoisotopic (exact) mass is 296 g/mol. The fraction of sp³-hybridized carbons (Fsp3) is 0.444. The summed E-state index contributed by atoms with van der Waals surface area (Å²) < 4.78 is 0. The Balaban J connectivity index is 1.50. The van der Waals surface area contributed by atoms with Crippen LogP contribution in [0.5, 0.6) is 0 Å². The van der Waals surface area contributed by atoms with E-state index < -0.39 is 0 Å². The third-order valence-electron chi connectivity index (χ3n) is 4.41. The Morgan fingerprint density at radius 3 is 2.41 bits per heavy atom. The average Bonchev–Trinajstić information content (AvgIpc) is 2.61. The molecule has 1 fully saturated rings. The molecule has 1 aromatic heterocycles. The highest BCUT2D eigenvalue weighted by atomic mass is 15.3. The van der Waals surface area contributed by atoms with Gasteiger partial charge in [0.15, 0.2) is 0 Å². The van der Waals surface area contributed by atoms with E-state index in [0.29, 0.717) is 6.04 Å². The number of anilines is 1. The summed E-state index contributed by atoms with van der Waals surface area (Å²) in [6.07, 6.45) is 7.02. The fourth-order valence-electron chi connectivity index (χ4n) is 3.07. The summed E-state index contributed by atoms with van der Waals surface area (Å²) in [4.78, 5) is 11.0. The molecular formula is C18H24N4. The lowest BCUT2D eigenvalue weighted by Gasteiger charge is -2.32. The van der Waals surface area contributed by atoms with E-state index in [1.165, 1.54) is 11.1 Å². The van der Waals surface area contributed by atoms with Gasteiger partial charge in [0.25, 0.3) is 0 Å². The first-order valence-corrected chi connectivity index (χ1v) is 8.19. The molecule has 1 saturated heterocycles. The van der Waals surface area contributed by atoms with E-state index in [1.807, 2.05) is 18.5 Å². The zero-order valence-electron chi connectivity index (χ0n) is 13.2. The molecule has 4 nitrogen and oxygen atoms in total. The van der Waals surface area contributed by atoms with Gasteiger partial charge >= 0.3 is 0 Å². The van der Waals surface area contributed by atoms with Gasteiger partial charge in [0, 0.05) is 38.1 Å². The highest BCUT2D eigenvalue weighted by molar-refractivity contribution is 5.29. The number of piperidine rings is 1. The van der Waals surface area contributed by atoms with Crippen LogP contribution in [0.25, 0.3) is 0 Å². The predicted molar refractivity (Wildman–Crippen MR) is 89.9 cm³/mol. The molecule has 2 heterocycles. The highest BCUT2D eigenvalue weighted by Crippen LogP contribution is 2.16. The maximum Gasteiger partial charge on any atom is 0.225 e. The third-order valence-corrected chi connectivity index (χ3v) is 4.41. The first kappa shape index (κ1) is 15.0. The molecule has 22 heavy (non-hydrogen) atoms. The average molecular weight is 296 g/mol. The van der Waals surface area contributed by atoms with Crippen LogP contribution in [-0.2, 0) is 13.0 Å². The Hall–Kier alpha value is -1.94. The SMILES string of the molecule is CCc1ccccc1CNC1CCN(c2ncccn2)CC1. The molecule has 0 aliphatic carbocycles. The summed E-state index contributed by atoms with van der Waals surface area (Å²) in [6.45, 7) is 5.24. The van der Waals surface area contributed by atoms with Gasteiger partial charge in [-0.25, -0.2) is 9.97 Å². The van der Waals surface area contributed by atoms with Crippen molar-refractivity contribution in [1.29, 1.82) is 0 Å². The van der Waals surface area contributed by atoms with Crippen molar-refractivity contribution in [3.63, 3.8) is 0 Å². The molecule has 0 unspecified atom stereocenters. The highest BCUT2D eigenvalue weighted by Gasteiger charge is 2.20. The Morgan fingerprint density at radius 1 is 1.05 bits per heavy atom. The van der Waals surface area contributed by atoms with Crippen molar-refractivity contribution in [3.05, 3.63) is 53.9 Å².